The molecule has 210 valence electrons. The number of nitrogens with zero attached hydrogens (tertiary/aromatic N) is 3. The van der Waals surface area contributed by atoms with E-state index >= 15 is 0 Å². The van der Waals surface area contributed by atoms with Crippen molar-refractivity contribution in [3.63, 3.8) is 0 Å². The lowest BCUT2D eigenvalue weighted by Crippen LogP contribution is -2.02. The van der Waals surface area contributed by atoms with E-state index in [9.17, 15) is 0 Å². The van der Waals surface area contributed by atoms with E-state index in [1.807, 2.05) is 0 Å². The first-order valence-electron chi connectivity index (χ1n) is 15.5. The highest BCUT2D eigenvalue weighted by molar-refractivity contribution is 6.20. The van der Waals surface area contributed by atoms with Crippen LogP contribution in [0.25, 0.3) is 82.3 Å². The molecular weight excluding hydrogens is 546 g/mol. The summed E-state index contributed by atoms with van der Waals surface area (Å²) in [6.45, 7) is 0. The smallest absolute Gasteiger partial charge is 0.0703 e. The third-order valence-electron chi connectivity index (χ3n) is 9.42. The van der Waals surface area contributed by atoms with Gasteiger partial charge in [-0.1, -0.05) is 109 Å². The van der Waals surface area contributed by atoms with Crippen LogP contribution in [-0.4, -0.2) is 13.5 Å². The van der Waals surface area contributed by atoms with E-state index in [0.717, 1.165) is 27.9 Å². The maximum atomic E-state index is 2.47. The van der Waals surface area contributed by atoms with E-state index in [4.69, 9.17) is 0 Å². The highest BCUT2D eigenvalue weighted by Crippen LogP contribution is 2.39. The van der Waals surface area contributed by atoms with E-state index < -0.39 is 0 Å². The molecule has 10 aromatic rings. The van der Waals surface area contributed by atoms with Crippen molar-refractivity contribution >= 4 is 70.9 Å². The second-order valence-corrected chi connectivity index (χ2v) is 11.8. The third kappa shape index (κ3) is 3.35. The second kappa shape index (κ2) is 9.22. The molecule has 0 aliphatic carbocycles. The highest BCUT2D eigenvalue weighted by atomic mass is 15.0. The van der Waals surface area contributed by atoms with Crippen molar-refractivity contribution in [3.05, 3.63) is 164 Å². The molecule has 10 rings (SSSR count). The highest BCUT2D eigenvalue weighted by Gasteiger charge is 2.18. The van der Waals surface area contributed by atoms with Gasteiger partial charge in [-0.25, -0.2) is 0 Å². The van der Waals surface area contributed by atoms with Crippen LogP contribution in [-0.2, 0) is 0 Å². The average molecular weight is 574 g/mol. The normalized spacial score (nSPS) is 12.0. The number of hydrogen-bond acceptors (Lipinski definition) is 0. The van der Waals surface area contributed by atoms with E-state index in [1.54, 1.807) is 0 Å². The Balaban J connectivity index is 1.45. The minimum Gasteiger partial charge on any atom is -0.309 e. The van der Waals surface area contributed by atoms with E-state index in [-0.39, 0.29) is 0 Å². The SMILES string of the molecule is c1ccc(-n2c3ccccc3c3ccc(-n4c5ccccc5c5cccc6c7ccccc7n(c7ccccc74)c56)cc32)cc1. The molecule has 0 atom stereocenters. The van der Waals surface area contributed by atoms with Crippen LogP contribution < -0.4 is 0 Å². The summed E-state index contributed by atoms with van der Waals surface area (Å²) >= 11 is 0. The Bertz CT molecular complexity index is 2810. The van der Waals surface area contributed by atoms with Gasteiger partial charge in [-0.15, -0.1) is 0 Å². The molecule has 0 bridgehead atoms. The number of para-hydroxylation sites is 7. The summed E-state index contributed by atoms with van der Waals surface area (Å²) in [5.74, 6) is 0. The lowest BCUT2D eigenvalue weighted by Gasteiger charge is -2.17. The van der Waals surface area contributed by atoms with E-state index in [0.29, 0.717) is 0 Å². The van der Waals surface area contributed by atoms with E-state index in [2.05, 4.69) is 177 Å². The summed E-state index contributed by atoms with van der Waals surface area (Å²) in [6.07, 6.45) is 0. The van der Waals surface area contributed by atoms with Crippen LogP contribution in [0.4, 0.5) is 0 Å². The molecule has 0 radical (unpaired) electrons. The van der Waals surface area contributed by atoms with Gasteiger partial charge in [-0.3, -0.25) is 0 Å². The van der Waals surface area contributed by atoms with Crippen molar-refractivity contribution in [2.75, 3.05) is 0 Å². The number of fused-ring (bicyclic) bond motifs is 10. The molecule has 3 heteroatoms. The molecule has 7 aromatic carbocycles. The van der Waals surface area contributed by atoms with Crippen molar-refractivity contribution in [1.29, 1.82) is 0 Å². The zero-order valence-corrected chi connectivity index (χ0v) is 24.4. The first kappa shape index (κ1) is 24.4. The van der Waals surface area contributed by atoms with Crippen LogP contribution >= 0.6 is 0 Å². The zero-order valence-electron chi connectivity index (χ0n) is 24.4. The van der Waals surface area contributed by atoms with Crippen LogP contribution in [0.3, 0.4) is 0 Å². The van der Waals surface area contributed by atoms with Crippen LogP contribution in [0.15, 0.2) is 164 Å². The van der Waals surface area contributed by atoms with Gasteiger partial charge >= 0.3 is 0 Å². The average Bonchev–Trinajstić information content (AvgIpc) is 3.61. The largest absolute Gasteiger partial charge is 0.309 e. The summed E-state index contributed by atoms with van der Waals surface area (Å²) in [5.41, 5.74) is 10.6. The van der Waals surface area contributed by atoms with Crippen LogP contribution in [0, 0.1) is 0 Å². The molecule has 0 aliphatic heterocycles. The molecule has 0 saturated heterocycles. The topological polar surface area (TPSA) is 14.3 Å². The van der Waals surface area contributed by atoms with Gasteiger partial charge in [0.25, 0.3) is 0 Å². The van der Waals surface area contributed by atoms with Crippen molar-refractivity contribution in [2.24, 2.45) is 0 Å². The fourth-order valence-corrected chi connectivity index (χ4v) is 7.59. The van der Waals surface area contributed by atoms with Gasteiger partial charge in [0.15, 0.2) is 0 Å². The fourth-order valence-electron chi connectivity index (χ4n) is 7.59. The molecule has 45 heavy (non-hydrogen) atoms. The molecule has 0 amide bonds. The molecule has 3 nitrogen and oxygen atoms in total. The molecule has 0 fully saturated rings. The number of hydrogen-bond donors (Lipinski definition) is 0. The maximum absolute atomic E-state index is 2.47. The molecule has 0 aliphatic rings. The van der Waals surface area contributed by atoms with Crippen molar-refractivity contribution in [1.82, 2.24) is 13.5 Å². The Labute approximate surface area is 259 Å². The molecule has 0 N–H and O–H groups in total. The standard InChI is InChI=1S/C42H27N3/c1-2-13-28(14-3-1)43-36-20-7-4-15-30(36)33-26-25-29(27-41(33)43)44-37-21-8-5-16-31(37)34-18-12-19-35-32-17-6-9-22-38(32)45(42(34)35)40-24-11-10-23-39(40)44/h1-27H. The first-order chi connectivity index (χ1) is 22.4. The molecule has 0 spiro atoms. The number of rotatable bonds is 2. The van der Waals surface area contributed by atoms with Crippen molar-refractivity contribution in [3.8, 4) is 11.4 Å². The fraction of sp³-hybridized carbons (Fsp3) is 0. The van der Waals surface area contributed by atoms with Gasteiger partial charge in [0.2, 0.25) is 0 Å². The summed E-state index contributed by atoms with van der Waals surface area (Å²) < 4.78 is 7.32. The summed E-state index contributed by atoms with van der Waals surface area (Å²) in [4.78, 5) is 0. The first-order valence-corrected chi connectivity index (χ1v) is 15.5. The minimum atomic E-state index is 1.12. The monoisotopic (exact) mass is 573 g/mol. The van der Waals surface area contributed by atoms with Gasteiger partial charge in [-0.2, -0.15) is 0 Å². The molecule has 3 heterocycles. The van der Waals surface area contributed by atoms with Gasteiger partial charge < -0.3 is 13.5 Å². The van der Waals surface area contributed by atoms with Gasteiger partial charge in [0.05, 0.1) is 38.6 Å². The minimum absolute atomic E-state index is 1.12. The lowest BCUT2D eigenvalue weighted by atomic mass is 10.1. The number of benzene rings is 7. The Hall–Kier alpha value is -6.06. The predicted molar refractivity (Wildman–Crippen MR) is 190 cm³/mol. The summed E-state index contributed by atoms with van der Waals surface area (Å²) in [6, 6.07) is 59.6. The Morgan fingerprint density at radius 2 is 0.733 bits per heavy atom. The molecular formula is C42H27N3. The van der Waals surface area contributed by atoms with Gasteiger partial charge in [0, 0.05) is 43.7 Å². The van der Waals surface area contributed by atoms with Crippen LogP contribution in [0.2, 0.25) is 0 Å². The third-order valence-corrected chi connectivity index (χ3v) is 9.42. The Morgan fingerprint density at radius 3 is 1.42 bits per heavy atom. The van der Waals surface area contributed by atoms with Crippen molar-refractivity contribution < 1.29 is 0 Å². The quantitative estimate of drug-likeness (QED) is 0.195. The van der Waals surface area contributed by atoms with Crippen LogP contribution in [0.5, 0.6) is 0 Å². The predicted octanol–water partition coefficient (Wildman–Crippen LogP) is 11.0. The Kier molecular flexibility index (Phi) is 5.00. The van der Waals surface area contributed by atoms with Gasteiger partial charge in [0.1, 0.15) is 0 Å². The zero-order chi connectivity index (χ0) is 29.5. The van der Waals surface area contributed by atoms with E-state index in [1.165, 1.54) is 54.4 Å². The summed E-state index contributed by atoms with van der Waals surface area (Å²) in [5, 5.41) is 7.49. The molecule has 3 aromatic heterocycles. The maximum Gasteiger partial charge on any atom is 0.0703 e. The number of aromatic nitrogens is 3. The van der Waals surface area contributed by atoms with Crippen LogP contribution in [0.1, 0.15) is 0 Å². The van der Waals surface area contributed by atoms with Crippen molar-refractivity contribution in [2.45, 2.75) is 0 Å². The second-order valence-electron chi connectivity index (χ2n) is 11.8. The van der Waals surface area contributed by atoms with Gasteiger partial charge in [-0.05, 0) is 54.6 Å². The summed E-state index contributed by atoms with van der Waals surface area (Å²) in [7, 11) is 0. The molecule has 0 unspecified atom stereocenters. The molecule has 0 saturated carbocycles. The lowest BCUT2D eigenvalue weighted by molar-refractivity contribution is 1.14. The Morgan fingerprint density at radius 1 is 0.267 bits per heavy atom.